The third-order valence-corrected chi connectivity index (χ3v) is 4.60. The molecule has 3 aromatic rings. The molecule has 0 radical (unpaired) electrons. The van der Waals surface area contributed by atoms with Gasteiger partial charge in [0.1, 0.15) is 17.1 Å². The summed E-state index contributed by atoms with van der Waals surface area (Å²) >= 11 is 0. The number of hydrogen-bond donors (Lipinski definition) is 0. The molecule has 0 fully saturated rings. The molecule has 0 saturated heterocycles. The van der Waals surface area contributed by atoms with Crippen molar-refractivity contribution in [3.63, 3.8) is 0 Å². The highest BCUT2D eigenvalue weighted by atomic mass is 16.5. The quantitative estimate of drug-likeness (QED) is 0.305. The zero-order valence-corrected chi connectivity index (χ0v) is 16.6. The molecule has 3 rings (SSSR count). The Labute approximate surface area is 170 Å². The number of carbonyl (C=O) groups is 2. The van der Waals surface area contributed by atoms with E-state index in [1.165, 1.54) is 0 Å². The van der Waals surface area contributed by atoms with Gasteiger partial charge >= 0.3 is 5.97 Å². The maximum atomic E-state index is 12.6. The first-order valence-corrected chi connectivity index (χ1v) is 9.31. The SMILES string of the molecule is C=CCn1c(C)cc(C(=O)COC(=O)c2ccccc2Oc2ccccc2)c1C. The molecule has 5 heteroatoms. The molecule has 0 N–H and O–H groups in total. The highest BCUT2D eigenvalue weighted by Crippen LogP contribution is 2.25. The molecule has 148 valence electrons. The number of aromatic nitrogens is 1. The second kappa shape index (κ2) is 9.06. The predicted molar refractivity (Wildman–Crippen MR) is 112 cm³/mol. The van der Waals surface area contributed by atoms with Gasteiger partial charge in [-0.05, 0) is 44.2 Å². The van der Waals surface area contributed by atoms with Crippen LogP contribution < -0.4 is 4.74 Å². The Balaban J connectivity index is 1.71. The van der Waals surface area contributed by atoms with E-state index >= 15 is 0 Å². The third-order valence-electron chi connectivity index (χ3n) is 4.60. The number of Topliss-reactive ketones (excluding diaryl/α,β-unsaturated/α-hetero) is 1. The predicted octanol–water partition coefficient (Wildman–Crippen LogP) is 5.12. The van der Waals surface area contributed by atoms with Crippen molar-refractivity contribution in [1.29, 1.82) is 0 Å². The van der Waals surface area contributed by atoms with Crippen LogP contribution in [0.15, 0.2) is 73.3 Å². The first-order valence-electron chi connectivity index (χ1n) is 9.31. The minimum atomic E-state index is -0.607. The molecule has 5 nitrogen and oxygen atoms in total. The fourth-order valence-electron chi connectivity index (χ4n) is 3.12. The number of ether oxygens (including phenoxy) is 2. The smallest absolute Gasteiger partial charge is 0.342 e. The molecular formula is C24H23NO4. The summed E-state index contributed by atoms with van der Waals surface area (Å²) in [5.74, 6) is 0.131. The Bertz CT molecular complexity index is 1030. The van der Waals surface area contributed by atoms with E-state index in [9.17, 15) is 9.59 Å². The standard InChI is InChI=1S/C24H23NO4/c1-4-14-25-17(2)15-21(18(25)3)22(26)16-28-24(27)20-12-8-9-13-23(20)29-19-10-6-5-7-11-19/h4-13,15H,1,14,16H2,2-3H3. The topological polar surface area (TPSA) is 57.5 Å². The highest BCUT2D eigenvalue weighted by molar-refractivity contribution is 6.01. The van der Waals surface area contributed by atoms with E-state index in [0.717, 1.165) is 11.4 Å². The molecule has 0 aliphatic heterocycles. The maximum Gasteiger partial charge on any atom is 0.342 e. The van der Waals surface area contributed by atoms with E-state index in [0.29, 0.717) is 23.6 Å². The summed E-state index contributed by atoms with van der Waals surface area (Å²) in [5, 5.41) is 0. The minimum absolute atomic E-state index is 0.247. The fraction of sp³-hybridized carbons (Fsp3) is 0.167. The van der Waals surface area contributed by atoms with Gasteiger partial charge in [0, 0.05) is 23.5 Å². The van der Waals surface area contributed by atoms with Gasteiger partial charge in [-0.15, -0.1) is 6.58 Å². The van der Waals surface area contributed by atoms with Gasteiger partial charge in [0.25, 0.3) is 0 Å². The molecule has 0 atom stereocenters. The van der Waals surface area contributed by atoms with Crippen molar-refractivity contribution < 1.29 is 19.1 Å². The summed E-state index contributed by atoms with van der Waals surface area (Å²) in [7, 11) is 0. The summed E-state index contributed by atoms with van der Waals surface area (Å²) in [4.78, 5) is 25.2. The second-order valence-electron chi connectivity index (χ2n) is 6.59. The first kappa shape index (κ1) is 20.1. The number of aryl methyl sites for hydroxylation is 1. The van der Waals surface area contributed by atoms with Gasteiger partial charge < -0.3 is 14.0 Å². The van der Waals surface area contributed by atoms with Crippen LogP contribution in [0.5, 0.6) is 11.5 Å². The van der Waals surface area contributed by atoms with E-state index in [2.05, 4.69) is 6.58 Å². The van der Waals surface area contributed by atoms with Crippen LogP contribution in [-0.4, -0.2) is 22.9 Å². The summed E-state index contributed by atoms with van der Waals surface area (Å²) < 4.78 is 13.1. The summed E-state index contributed by atoms with van der Waals surface area (Å²) in [6.45, 7) is 7.82. The average Bonchev–Trinajstić information content (AvgIpc) is 3.01. The van der Waals surface area contributed by atoms with Crippen LogP contribution in [0.3, 0.4) is 0 Å². The van der Waals surface area contributed by atoms with Crippen LogP contribution in [0.4, 0.5) is 0 Å². The van der Waals surface area contributed by atoms with Crippen molar-refractivity contribution in [3.05, 3.63) is 95.8 Å². The van der Waals surface area contributed by atoms with Crippen LogP contribution in [0.1, 0.15) is 32.1 Å². The van der Waals surface area contributed by atoms with Gasteiger partial charge in [-0.2, -0.15) is 0 Å². The lowest BCUT2D eigenvalue weighted by molar-refractivity contribution is 0.0472. The van der Waals surface area contributed by atoms with Gasteiger partial charge in [0.2, 0.25) is 5.78 Å². The summed E-state index contributed by atoms with van der Waals surface area (Å²) in [6, 6.07) is 17.8. The minimum Gasteiger partial charge on any atom is -0.456 e. The zero-order valence-electron chi connectivity index (χ0n) is 16.6. The second-order valence-corrected chi connectivity index (χ2v) is 6.59. The van der Waals surface area contributed by atoms with Gasteiger partial charge in [0.15, 0.2) is 6.61 Å². The number of hydrogen-bond acceptors (Lipinski definition) is 4. The van der Waals surface area contributed by atoms with Gasteiger partial charge in [-0.25, -0.2) is 4.79 Å². The molecule has 0 spiro atoms. The molecule has 0 bridgehead atoms. The van der Waals surface area contributed by atoms with Crippen molar-refractivity contribution in [1.82, 2.24) is 4.57 Å². The molecule has 0 unspecified atom stereocenters. The lowest BCUT2D eigenvalue weighted by Crippen LogP contribution is -2.15. The van der Waals surface area contributed by atoms with Crippen LogP contribution in [0.2, 0.25) is 0 Å². The van der Waals surface area contributed by atoms with Crippen LogP contribution >= 0.6 is 0 Å². The van der Waals surface area contributed by atoms with E-state index in [1.807, 2.05) is 42.7 Å². The molecular weight excluding hydrogens is 366 g/mol. The Hall–Kier alpha value is -3.60. The van der Waals surface area contributed by atoms with E-state index in [-0.39, 0.29) is 18.0 Å². The summed E-state index contributed by atoms with van der Waals surface area (Å²) in [6.07, 6.45) is 1.78. The van der Waals surface area contributed by atoms with Crippen molar-refractivity contribution in [2.75, 3.05) is 6.61 Å². The van der Waals surface area contributed by atoms with E-state index < -0.39 is 5.97 Å². The number of nitrogens with zero attached hydrogens (tertiary/aromatic N) is 1. The Kier molecular flexibility index (Phi) is 6.29. The average molecular weight is 389 g/mol. The summed E-state index contributed by atoms with van der Waals surface area (Å²) in [5.41, 5.74) is 2.60. The number of rotatable bonds is 8. The highest BCUT2D eigenvalue weighted by Gasteiger charge is 2.19. The molecule has 0 aliphatic carbocycles. The Morgan fingerprint density at radius 3 is 2.41 bits per heavy atom. The third kappa shape index (κ3) is 4.63. The molecule has 1 aromatic heterocycles. The number of ketones is 1. The zero-order chi connectivity index (χ0) is 20.8. The van der Waals surface area contributed by atoms with Crippen LogP contribution in [0.25, 0.3) is 0 Å². The molecule has 0 saturated carbocycles. The maximum absolute atomic E-state index is 12.6. The number of carbonyl (C=O) groups excluding carboxylic acids is 2. The van der Waals surface area contributed by atoms with Crippen molar-refractivity contribution in [2.45, 2.75) is 20.4 Å². The molecule has 1 heterocycles. The Morgan fingerprint density at radius 2 is 1.69 bits per heavy atom. The largest absolute Gasteiger partial charge is 0.456 e. The first-order chi connectivity index (χ1) is 14.0. The lowest BCUT2D eigenvalue weighted by Gasteiger charge is -2.11. The van der Waals surface area contributed by atoms with Crippen LogP contribution in [0, 0.1) is 13.8 Å². The normalized spacial score (nSPS) is 10.4. The molecule has 0 aliphatic rings. The van der Waals surface area contributed by atoms with E-state index in [1.54, 1.807) is 42.5 Å². The fourth-order valence-corrected chi connectivity index (χ4v) is 3.12. The monoisotopic (exact) mass is 389 g/mol. The molecule has 0 amide bonds. The van der Waals surface area contributed by atoms with Gasteiger partial charge in [-0.3, -0.25) is 4.79 Å². The van der Waals surface area contributed by atoms with E-state index in [4.69, 9.17) is 9.47 Å². The molecule has 2 aromatic carbocycles. The van der Waals surface area contributed by atoms with Crippen molar-refractivity contribution >= 4 is 11.8 Å². The lowest BCUT2D eigenvalue weighted by atomic mass is 10.1. The number of benzene rings is 2. The number of esters is 1. The molecule has 29 heavy (non-hydrogen) atoms. The van der Waals surface area contributed by atoms with Gasteiger partial charge in [0.05, 0.1) is 0 Å². The number of allylic oxidation sites excluding steroid dienone is 1. The number of para-hydroxylation sites is 2. The van der Waals surface area contributed by atoms with Gasteiger partial charge in [-0.1, -0.05) is 36.4 Å². The van der Waals surface area contributed by atoms with Crippen molar-refractivity contribution in [2.24, 2.45) is 0 Å². The van der Waals surface area contributed by atoms with Crippen LogP contribution in [-0.2, 0) is 11.3 Å². The Morgan fingerprint density at radius 1 is 1.00 bits per heavy atom. The van der Waals surface area contributed by atoms with Crippen molar-refractivity contribution in [3.8, 4) is 11.5 Å².